The predicted octanol–water partition coefficient (Wildman–Crippen LogP) is 3.98. The van der Waals surface area contributed by atoms with Gasteiger partial charge in [-0.25, -0.2) is 0 Å². The minimum Gasteiger partial charge on any atom is -0.496 e. The largest absolute Gasteiger partial charge is 0.496 e. The van der Waals surface area contributed by atoms with Crippen molar-refractivity contribution in [3.05, 3.63) is 65.2 Å². The lowest BCUT2D eigenvalue weighted by molar-refractivity contribution is 0.406. The molecule has 2 N–H and O–H groups in total. The van der Waals surface area contributed by atoms with E-state index < -0.39 is 0 Å². The van der Waals surface area contributed by atoms with Crippen molar-refractivity contribution >= 4 is 0 Å². The van der Waals surface area contributed by atoms with E-state index in [2.05, 4.69) is 50.2 Å². The van der Waals surface area contributed by atoms with Crippen molar-refractivity contribution in [2.45, 2.75) is 32.2 Å². The van der Waals surface area contributed by atoms with Crippen LogP contribution in [0.2, 0.25) is 0 Å². The monoisotopic (exact) mass is 269 g/mol. The number of aryl methyl sites for hydroxylation is 1. The summed E-state index contributed by atoms with van der Waals surface area (Å²) >= 11 is 0. The molecule has 0 aliphatic rings. The molecule has 0 saturated heterocycles. The molecule has 1 unspecified atom stereocenters. The Morgan fingerprint density at radius 1 is 1.05 bits per heavy atom. The van der Waals surface area contributed by atoms with Crippen molar-refractivity contribution in [3.63, 3.8) is 0 Å². The lowest BCUT2D eigenvalue weighted by atomic mass is 9.75. The van der Waals surface area contributed by atoms with E-state index in [9.17, 15) is 0 Å². The first-order valence-corrected chi connectivity index (χ1v) is 6.92. The van der Waals surface area contributed by atoms with Gasteiger partial charge in [-0.05, 0) is 29.7 Å². The zero-order chi connectivity index (χ0) is 14.8. The van der Waals surface area contributed by atoms with E-state index in [4.69, 9.17) is 10.5 Å². The summed E-state index contributed by atoms with van der Waals surface area (Å²) in [6.45, 7) is 6.42. The molecular weight excluding hydrogens is 246 g/mol. The van der Waals surface area contributed by atoms with Gasteiger partial charge in [-0.2, -0.15) is 0 Å². The highest BCUT2D eigenvalue weighted by Crippen LogP contribution is 2.36. The Morgan fingerprint density at radius 3 is 2.25 bits per heavy atom. The van der Waals surface area contributed by atoms with E-state index in [0.29, 0.717) is 0 Å². The van der Waals surface area contributed by atoms with E-state index >= 15 is 0 Å². The van der Waals surface area contributed by atoms with Gasteiger partial charge in [0.25, 0.3) is 0 Å². The van der Waals surface area contributed by atoms with Gasteiger partial charge in [0, 0.05) is 11.5 Å². The third kappa shape index (κ3) is 2.70. The maximum atomic E-state index is 6.52. The van der Waals surface area contributed by atoms with Crippen LogP contribution in [0.4, 0.5) is 0 Å². The standard InChI is InChI=1S/C18H23NO/c1-13-12-14(10-11-16(13)20-4)17(19)18(2,3)15-8-6-5-7-9-15/h5-12,17H,19H2,1-4H3. The SMILES string of the molecule is COc1ccc(C(N)C(C)(C)c2ccccc2)cc1C. The van der Waals surface area contributed by atoms with Gasteiger partial charge in [0.05, 0.1) is 7.11 Å². The number of benzene rings is 2. The van der Waals surface area contributed by atoms with Crippen LogP contribution in [0, 0.1) is 6.92 Å². The first-order valence-electron chi connectivity index (χ1n) is 6.92. The van der Waals surface area contributed by atoms with Gasteiger partial charge in [-0.1, -0.05) is 56.3 Å². The Hall–Kier alpha value is -1.80. The molecule has 2 nitrogen and oxygen atoms in total. The third-order valence-electron chi connectivity index (χ3n) is 4.07. The quantitative estimate of drug-likeness (QED) is 0.911. The minimum absolute atomic E-state index is 0.0606. The molecule has 1 atom stereocenters. The summed E-state index contributed by atoms with van der Waals surface area (Å²) in [7, 11) is 1.69. The summed E-state index contributed by atoms with van der Waals surface area (Å²) < 4.78 is 5.31. The highest BCUT2D eigenvalue weighted by Gasteiger charge is 2.29. The number of rotatable bonds is 4. The summed E-state index contributed by atoms with van der Waals surface area (Å²) in [5.74, 6) is 0.901. The Bertz CT molecular complexity index is 575. The van der Waals surface area contributed by atoms with Crippen LogP contribution >= 0.6 is 0 Å². The van der Waals surface area contributed by atoms with E-state index in [1.54, 1.807) is 7.11 Å². The van der Waals surface area contributed by atoms with Crippen molar-refractivity contribution in [1.29, 1.82) is 0 Å². The zero-order valence-electron chi connectivity index (χ0n) is 12.7. The van der Waals surface area contributed by atoms with Gasteiger partial charge in [0.2, 0.25) is 0 Å². The summed E-state index contributed by atoms with van der Waals surface area (Å²) in [5.41, 5.74) is 9.90. The lowest BCUT2D eigenvalue weighted by Crippen LogP contribution is -2.33. The maximum Gasteiger partial charge on any atom is 0.121 e. The van der Waals surface area contributed by atoms with Gasteiger partial charge in [-0.15, -0.1) is 0 Å². The van der Waals surface area contributed by atoms with Crippen LogP contribution in [-0.2, 0) is 5.41 Å². The Kier molecular flexibility index (Phi) is 4.15. The minimum atomic E-state index is -0.123. The maximum absolute atomic E-state index is 6.52. The van der Waals surface area contributed by atoms with Crippen molar-refractivity contribution in [2.24, 2.45) is 5.73 Å². The molecule has 0 spiro atoms. The van der Waals surface area contributed by atoms with Gasteiger partial charge in [0.15, 0.2) is 0 Å². The molecule has 0 heterocycles. The molecular formula is C18H23NO. The highest BCUT2D eigenvalue weighted by atomic mass is 16.5. The van der Waals surface area contributed by atoms with E-state index in [1.807, 2.05) is 19.1 Å². The molecule has 2 aromatic carbocycles. The van der Waals surface area contributed by atoms with Crippen LogP contribution in [-0.4, -0.2) is 7.11 Å². The number of methoxy groups -OCH3 is 1. The van der Waals surface area contributed by atoms with Crippen molar-refractivity contribution in [3.8, 4) is 5.75 Å². The Labute approximate surface area is 121 Å². The molecule has 0 bridgehead atoms. The molecule has 0 fully saturated rings. The fraction of sp³-hybridized carbons (Fsp3) is 0.333. The molecule has 2 rings (SSSR count). The fourth-order valence-corrected chi connectivity index (χ4v) is 2.56. The Balaban J connectivity index is 2.35. The lowest BCUT2D eigenvalue weighted by Gasteiger charge is -2.33. The molecule has 0 amide bonds. The molecule has 0 radical (unpaired) electrons. The van der Waals surface area contributed by atoms with E-state index in [1.165, 1.54) is 5.56 Å². The van der Waals surface area contributed by atoms with Crippen LogP contribution in [0.1, 0.15) is 36.6 Å². The Morgan fingerprint density at radius 2 is 1.70 bits per heavy atom. The van der Waals surface area contributed by atoms with Crippen molar-refractivity contribution < 1.29 is 4.74 Å². The normalized spacial score (nSPS) is 13.1. The number of hydrogen-bond acceptors (Lipinski definition) is 2. The van der Waals surface area contributed by atoms with Gasteiger partial charge in [-0.3, -0.25) is 0 Å². The number of ether oxygens (including phenoxy) is 1. The number of hydrogen-bond donors (Lipinski definition) is 1. The number of nitrogens with two attached hydrogens (primary N) is 1. The van der Waals surface area contributed by atoms with Crippen LogP contribution in [0.25, 0.3) is 0 Å². The topological polar surface area (TPSA) is 35.2 Å². The second-order valence-electron chi connectivity index (χ2n) is 5.79. The van der Waals surface area contributed by atoms with Crippen molar-refractivity contribution in [2.75, 3.05) is 7.11 Å². The smallest absolute Gasteiger partial charge is 0.121 e. The van der Waals surface area contributed by atoms with Crippen LogP contribution in [0.15, 0.2) is 48.5 Å². The predicted molar refractivity (Wildman–Crippen MR) is 84.1 cm³/mol. The molecule has 2 heteroatoms. The molecule has 0 aromatic heterocycles. The average molecular weight is 269 g/mol. The van der Waals surface area contributed by atoms with Gasteiger partial charge >= 0.3 is 0 Å². The zero-order valence-corrected chi connectivity index (χ0v) is 12.7. The second kappa shape index (κ2) is 5.68. The van der Waals surface area contributed by atoms with Crippen LogP contribution in [0.3, 0.4) is 0 Å². The molecule has 20 heavy (non-hydrogen) atoms. The second-order valence-corrected chi connectivity index (χ2v) is 5.79. The highest BCUT2D eigenvalue weighted by molar-refractivity contribution is 5.39. The van der Waals surface area contributed by atoms with E-state index in [-0.39, 0.29) is 11.5 Å². The van der Waals surface area contributed by atoms with Crippen LogP contribution in [0.5, 0.6) is 5.75 Å². The first kappa shape index (κ1) is 14.6. The first-order chi connectivity index (χ1) is 9.46. The summed E-state index contributed by atoms with van der Waals surface area (Å²) in [6.07, 6.45) is 0. The summed E-state index contributed by atoms with van der Waals surface area (Å²) in [5, 5.41) is 0. The summed E-state index contributed by atoms with van der Waals surface area (Å²) in [6, 6.07) is 16.5. The van der Waals surface area contributed by atoms with Gasteiger partial charge in [0.1, 0.15) is 5.75 Å². The third-order valence-corrected chi connectivity index (χ3v) is 4.07. The van der Waals surface area contributed by atoms with Gasteiger partial charge < -0.3 is 10.5 Å². The fourth-order valence-electron chi connectivity index (χ4n) is 2.56. The molecule has 0 aliphatic carbocycles. The summed E-state index contributed by atoms with van der Waals surface area (Å²) in [4.78, 5) is 0. The molecule has 0 saturated carbocycles. The van der Waals surface area contributed by atoms with E-state index in [0.717, 1.165) is 16.9 Å². The molecule has 106 valence electrons. The molecule has 2 aromatic rings. The van der Waals surface area contributed by atoms with Crippen LogP contribution < -0.4 is 10.5 Å². The average Bonchev–Trinajstić information content (AvgIpc) is 2.47. The molecule has 0 aliphatic heterocycles. The van der Waals surface area contributed by atoms with Crippen molar-refractivity contribution in [1.82, 2.24) is 0 Å².